The molecule has 1 N–H and O–H groups in total. The first kappa shape index (κ1) is 11.7. The van der Waals surface area contributed by atoms with Crippen molar-refractivity contribution in [2.45, 2.75) is 31.3 Å². The summed E-state index contributed by atoms with van der Waals surface area (Å²) in [4.78, 5) is 0. The number of benzene rings is 1. The molecule has 1 nitrogen and oxygen atoms in total. The van der Waals surface area contributed by atoms with Gasteiger partial charge in [0.1, 0.15) is 0 Å². The van der Waals surface area contributed by atoms with E-state index in [2.05, 4.69) is 0 Å². The largest absolute Gasteiger partial charge is 0.392 e. The van der Waals surface area contributed by atoms with Gasteiger partial charge in [0.05, 0.1) is 6.10 Å². The van der Waals surface area contributed by atoms with Gasteiger partial charge in [-0.25, -0.2) is 17.6 Å². The van der Waals surface area contributed by atoms with E-state index < -0.39 is 41.2 Å². The second kappa shape index (κ2) is 3.57. The summed E-state index contributed by atoms with van der Waals surface area (Å²) in [5.41, 5.74) is 0.379. The van der Waals surface area contributed by atoms with Crippen LogP contribution in [0, 0.1) is 23.3 Å². The Hall–Kier alpha value is -1.36. The normalized spacial score (nSPS) is 29.2. The monoisotopic (exact) mass is 258 g/mol. The van der Waals surface area contributed by atoms with E-state index in [1.807, 2.05) is 0 Å². The molecule has 3 atom stereocenters. The summed E-state index contributed by atoms with van der Waals surface area (Å²) in [6.07, 6.45) is 0.924. The molecule has 18 heavy (non-hydrogen) atoms. The molecule has 0 unspecified atom stereocenters. The van der Waals surface area contributed by atoms with Crippen LogP contribution < -0.4 is 0 Å². The van der Waals surface area contributed by atoms with E-state index in [1.54, 1.807) is 13.0 Å². The molecule has 96 valence electrons. The highest BCUT2D eigenvalue weighted by atomic mass is 19.2. The number of hydrogen-bond donors (Lipinski definition) is 1. The van der Waals surface area contributed by atoms with E-state index in [0.29, 0.717) is 0 Å². The van der Waals surface area contributed by atoms with Crippen LogP contribution in [0.15, 0.2) is 11.6 Å². The molecule has 4 rings (SSSR count). The predicted octanol–water partition coefficient (Wildman–Crippen LogP) is 3.13. The molecule has 3 aliphatic carbocycles. The summed E-state index contributed by atoms with van der Waals surface area (Å²) in [5.74, 6) is -7.68. The topological polar surface area (TPSA) is 20.2 Å². The van der Waals surface area contributed by atoms with E-state index in [1.165, 1.54) is 0 Å². The third kappa shape index (κ3) is 1.25. The Balaban J connectivity index is 2.37. The van der Waals surface area contributed by atoms with Crippen LogP contribution in [0.5, 0.6) is 0 Å². The van der Waals surface area contributed by atoms with Crippen molar-refractivity contribution < 1.29 is 22.7 Å². The Bertz CT molecular complexity index is 579. The molecule has 0 saturated carbocycles. The highest BCUT2D eigenvalue weighted by molar-refractivity contribution is 5.50. The summed E-state index contributed by atoms with van der Waals surface area (Å²) in [6, 6.07) is 0. The number of fused-ring (bicyclic) bond motifs is 1. The Morgan fingerprint density at radius 1 is 1.00 bits per heavy atom. The van der Waals surface area contributed by atoms with Crippen LogP contribution in [0.4, 0.5) is 17.6 Å². The van der Waals surface area contributed by atoms with Crippen LogP contribution in [-0.4, -0.2) is 11.2 Å². The molecule has 0 aromatic heterocycles. The van der Waals surface area contributed by atoms with E-state index in [-0.39, 0.29) is 17.5 Å². The SMILES string of the molecule is CC1=C[C@H]2c3c(F)c(F)c(F)c(F)c3[C@@H]1C[C@@H]2O. The third-order valence-electron chi connectivity index (χ3n) is 3.91. The number of halogens is 4. The summed E-state index contributed by atoms with van der Waals surface area (Å²) < 4.78 is 54.0. The molecule has 2 bridgehead atoms. The van der Waals surface area contributed by atoms with Crippen molar-refractivity contribution in [1.29, 1.82) is 0 Å². The first-order valence-electron chi connectivity index (χ1n) is 5.65. The van der Waals surface area contributed by atoms with Crippen molar-refractivity contribution in [2.75, 3.05) is 0 Å². The van der Waals surface area contributed by atoms with Crippen molar-refractivity contribution >= 4 is 0 Å². The average Bonchev–Trinajstić information content (AvgIpc) is 2.34. The molecule has 1 aromatic rings. The molecular formula is C13H10F4O. The maximum atomic E-state index is 13.8. The first-order valence-corrected chi connectivity index (χ1v) is 5.65. The summed E-state index contributed by atoms with van der Waals surface area (Å²) in [7, 11) is 0. The summed E-state index contributed by atoms with van der Waals surface area (Å²) in [5, 5.41) is 9.79. The van der Waals surface area contributed by atoms with Gasteiger partial charge in [0.15, 0.2) is 23.3 Å². The van der Waals surface area contributed by atoms with Gasteiger partial charge in [-0.3, -0.25) is 0 Å². The van der Waals surface area contributed by atoms with Crippen molar-refractivity contribution in [1.82, 2.24) is 0 Å². The van der Waals surface area contributed by atoms with Gasteiger partial charge in [0.2, 0.25) is 0 Å². The molecule has 0 saturated heterocycles. The number of aliphatic hydroxyl groups is 1. The van der Waals surface area contributed by atoms with Gasteiger partial charge in [0, 0.05) is 23.0 Å². The quantitative estimate of drug-likeness (QED) is 0.328. The van der Waals surface area contributed by atoms with E-state index >= 15 is 0 Å². The minimum absolute atomic E-state index is 0.137. The van der Waals surface area contributed by atoms with Crippen molar-refractivity contribution in [3.8, 4) is 0 Å². The standard InChI is InChI=1S/C13H10F4O/c1-4-2-6-7(18)3-5(4)8-9(6)11(15)13(17)12(16)10(8)14/h2,5-7,18H,3H2,1H3/t5-,6-,7+/m1/s1. The Kier molecular flexibility index (Phi) is 2.32. The summed E-state index contributed by atoms with van der Waals surface area (Å²) in [6.45, 7) is 1.71. The third-order valence-corrected chi connectivity index (χ3v) is 3.91. The number of aliphatic hydroxyl groups excluding tert-OH is 1. The van der Waals surface area contributed by atoms with Crippen LogP contribution in [0.3, 0.4) is 0 Å². The molecule has 0 radical (unpaired) electrons. The highest BCUT2D eigenvalue weighted by Crippen LogP contribution is 2.51. The molecule has 0 amide bonds. The van der Waals surface area contributed by atoms with Gasteiger partial charge in [-0.2, -0.15) is 0 Å². The zero-order valence-corrected chi connectivity index (χ0v) is 9.48. The average molecular weight is 258 g/mol. The predicted molar refractivity (Wildman–Crippen MR) is 56.1 cm³/mol. The molecule has 5 heteroatoms. The second-order valence-electron chi connectivity index (χ2n) is 4.88. The zero-order valence-electron chi connectivity index (χ0n) is 9.48. The van der Waals surface area contributed by atoms with Gasteiger partial charge < -0.3 is 5.11 Å². The molecule has 0 fully saturated rings. The van der Waals surface area contributed by atoms with Gasteiger partial charge in [-0.15, -0.1) is 0 Å². The Labute approximate surface area is 101 Å². The van der Waals surface area contributed by atoms with Gasteiger partial charge in [-0.1, -0.05) is 11.6 Å². The fourth-order valence-electron chi connectivity index (χ4n) is 3.04. The zero-order chi connectivity index (χ0) is 13.2. The molecule has 0 aliphatic heterocycles. The molecule has 0 heterocycles. The molecular weight excluding hydrogens is 248 g/mol. The lowest BCUT2D eigenvalue weighted by molar-refractivity contribution is 0.123. The minimum atomic E-state index is -1.81. The smallest absolute Gasteiger partial charge is 0.197 e. The number of rotatable bonds is 0. The maximum Gasteiger partial charge on any atom is 0.197 e. The van der Waals surface area contributed by atoms with Gasteiger partial charge in [-0.05, 0) is 13.3 Å². The second-order valence-corrected chi connectivity index (χ2v) is 4.88. The van der Waals surface area contributed by atoms with E-state index in [4.69, 9.17) is 0 Å². The van der Waals surface area contributed by atoms with Crippen molar-refractivity contribution in [2.24, 2.45) is 0 Å². The van der Waals surface area contributed by atoms with E-state index in [9.17, 15) is 22.7 Å². The van der Waals surface area contributed by atoms with Crippen LogP contribution in [0.25, 0.3) is 0 Å². The molecule has 0 spiro atoms. The maximum absolute atomic E-state index is 13.8. The molecule has 1 aromatic carbocycles. The lowest BCUT2D eigenvalue weighted by Gasteiger charge is -2.40. The van der Waals surface area contributed by atoms with E-state index in [0.717, 1.165) is 5.57 Å². The Morgan fingerprint density at radius 3 is 2.17 bits per heavy atom. The van der Waals surface area contributed by atoms with Gasteiger partial charge >= 0.3 is 0 Å². The van der Waals surface area contributed by atoms with Crippen LogP contribution in [0.1, 0.15) is 36.3 Å². The Morgan fingerprint density at radius 2 is 1.56 bits per heavy atom. The first-order chi connectivity index (χ1) is 8.43. The fraction of sp³-hybridized carbons (Fsp3) is 0.385. The van der Waals surface area contributed by atoms with Crippen molar-refractivity contribution in [3.05, 3.63) is 46.0 Å². The fourth-order valence-corrected chi connectivity index (χ4v) is 3.04. The molecule has 3 aliphatic rings. The lowest BCUT2D eigenvalue weighted by Crippen LogP contribution is -2.34. The van der Waals surface area contributed by atoms with Crippen LogP contribution in [0.2, 0.25) is 0 Å². The highest BCUT2D eigenvalue weighted by Gasteiger charge is 2.44. The van der Waals surface area contributed by atoms with Crippen LogP contribution in [-0.2, 0) is 0 Å². The van der Waals surface area contributed by atoms with Crippen LogP contribution >= 0.6 is 0 Å². The number of allylic oxidation sites excluding steroid dienone is 1. The number of hydrogen-bond acceptors (Lipinski definition) is 1. The van der Waals surface area contributed by atoms with Gasteiger partial charge in [0.25, 0.3) is 0 Å². The minimum Gasteiger partial charge on any atom is -0.392 e. The summed E-state index contributed by atoms with van der Waals surface area (Å²) >= 11 is 0. The lowest BCUT2D eigenvalue weighted by atomic mass is 9.66. The van der Waals surface area contributed by atoms with Crippen molar-refractivity contribution in [3.63, 3.8) is 0 Å².